The number of esters is 1. The van der Waals surface area contributed by atoms with Crippen LogP contribution in [0.1, 0.15) is 34.3 Å². The van der Waals surface area contributed by atoms with Crippen LogP contribution in [0.4, 0.5) is 0 Å². The molecule has 0 fully saturated rings. The molecule has 3 atom stereocenters. The molecule has 0 saturated heterocycles. The van der Waals surface area contributed by atoms with Crippen molar-refractivity contribution < 1.29 is 38.0 Å². The number of hydrogen-bond acceptors (Lipinski definition) is 8. The van der Waals surface area contributed by atoms with Gasteiger partial charge in [0.15, 0.2) is 17.3 Å². The van der Waals surface area contributed by atoms with Gasteiger partial charge in [0.1, 0.15) is 42.7 Å². The predicted molar refractivity (Wildman–Crippen MR) is 117 cm³/mol. The fourth-order valence-electron chi connectivity index (χ4n) is 4.58. The van der Waals surface area contributed by atoms with Gasteiger partial charge < -0.3 is 28.4 Å². The van der Waals surface area contributed by atoms with Gasteiger partial charge in [0.2, 0.25) is 0 Å². The second-order valence-electron chi connectivity index (χ2n) is 8.22. The summed E-state index contributed by atoms with van der Waals surface area (Å²) in [5.74, 6) is 1.87. The Morgan fingerprint density at radius 2 is 1.88 bits per heavy atom. The van der Waals surface area contributed by atoms with Crippen LogP contribution >= 0.6 is 0 Å². The fraction of sp³-hybridized carbons (Fsp3) is 0.360. The van der Waals surface area contributed by atoms with E-state index in [1.54, 1.807) is 38.5 Å². The van der Waals surface area contributed by atoms with Gasteiger partial charge in [0.05, 0.1) is 25.7 Å². The van der Waals surface area contributed by atoms with Crippen LogP contribution in [0.3, 0.4) is 0 Å². The Labute approximate surface area is 191 Å². The van der Waals surface area contributed by atoms with E-state index in [0.717, 1.165) is 5.56 Å². The van der Waals surface area contributed by atoms with Gasteiger partial charge in [-0.3, -0.25) is 9.59 Å². The summed E-state index contributed by atoms with van der Waals surface area (Å²) >= 11 is 0. The van der Waals surface area contributed by atoms with Crippen LogP contribution in [0.2, 0.25) is 0 Å². The fourth-order valence-corrected chi connectivity index (χ4v) is 4.58. The summed E-state index contributed by atoms with van der Waals surface area (Å²) < 4.78 is 34.1. The highest BCUT2D eigenvalue weighted by Crippen LogP contribution is 2.49. The number of carbonyl (C=O) groups is 2. The lowest BCUT2D eigenvalue weighted by molar-refractivity contribution is -0.140. The van der Waals surface area contributed by atoms with Gasteiger partial charge in [-0.25, -0.2) is 0 Å². The molecule has 8 heteroatoms. The van der Waals surface area contributed by atoms with E-state index >= 15 is 0 Å². The maximum atomic E-state index is 13.6. The lowest BCUT2D eigenvalue weighted by Crippen LogP contribution is -2.43. The number of ketones is 1. The number of fused-ring (bicyclic) bond motifs is 6. The molecule has 3 aliphatic heterocycles. The Balaban J connectivity index is 1.46. The molecule has 0 unspecified atom stereocenters. The third-order valence-corrected chi connectivity index (χ3v) is 6.24. The molecule has 0 bridgehead atoms. The van der Waals surface area contributed by atoms with Crippen molar-refractivity contribution in [3.63, 3.8) is 0 Å². The van der Waals surface area contributed by atoms with Crippen LogP contribution in [0.15, 0.2) is 36.4 Å². The number of Topliss-reactive ketones (excluding diaryl/α,β-unsaturated/α-hetero) is 1. The number of rotatable bonds is 5. The number of methoxy groups -OCH3 is 2. The van der Waals surface area contributed by atoms with Gasteiger partial charge in [-0.05, 0) is 18.2 Å². The molecule has 0 aliphatic carbocycles. The zero-order chi connectivity index (χ0) is 23.3. The maximum absolute atomic E-state index is 13.6. The van der Waals surface area contributed by atoms with Gasteiger partial charge in [0, 0.05) is 36.1 Å². The van der Waals surface area contributed by atoms with Crippen molar-refractivity contribution in [1.82, 2.24) is 0 Å². The van der Waals surface area contributed by atoms with Gasteiger partial charge in [-0.15, -0.1) is 0 Å². The molecule has 2 aromatic carbocycles. The molecule has 2 aromatic rings. The molecule has 3 aliphatic rings. The molecule has 0 spiro atoms. The lowest BCUT2D eigenvalue weighted by Gasteiger charge is -2.37. The zero-order valence-corrected chi connectivity index (χ0v) is 18.6. The molecule has 5 rings (SSSR count). The summed E-state index contributed by atoms with van der Waals surface area (Å²) in [6.45, 7) is 5.64. The van der Waals surface area contributed by atoms with Crippen LogP contribution in [-0.4, -0.2) is 51.4 Å². The van der Waals surface area contributed by atoms with Crippen molar-refractivity contribution in [2.75, 3.05) is 27.4 Å². The summed E-state index contributed by atoms with van der Waals surface area (Å²) in [5.41, 5.74) is 2.67. The smallest absolute Gasteiger partial charge is 0.302 e. The van der Waals surface area contributed by atoms with E-state index < -0.39 is 12.0 Å². The molecule has 172 valence electrons. The molecule has 0 radical (unpaired) electrons. The molecule has 0 saturated carbocycles. The van der Waals surface area contributed by atoms with Crippen molar-refractivity contribution in [3.05, 3.63) is 53.1 Å². The third-order valence-electron chi connectivity index (χ3n) is 6.24. The number of benzene rings is 2. The number of hydrogen-bond donors (Lipinski definition) is 0. The van der Waals surface area contributed by atoms with Crippen molar-refractivity contribution in [2.24, 2.45) is 0 Å². The third kappa shape index (κ3) is 3.46. The maximum Gasteiger partial charge on any atom is 0.302 e. The normalized spacial score (nSPS) is 21.8. The first kappa shape index (κ1) is 21.2. The molecule has 33 heavy (non-hydrogen) atoms. The summed E-state index contributed by atoms with van der Waals surface area (Å²) in [6, 6.07) is 7.04. The van der Waals surface area contributed by atoms with Gasteiger partial charge in [-0.2, -0.15) is 0 Å². The van der Waals surface area contributed by atoms with Crippen LogP contribution in [0.5, 0.6) is 28.7 Å². The summed E-state index contributed by atoms with van der Waals surface area (Å²) in [4.78, 5) is 24.8. The van der Waals surface area contributed by atoms with E-state index in [4.69, 9.17) is 28.4 Å². The van der Waals surface area contributed by atoms with Crippen LogP contribution in [-0.2, 0) is 16.0 Å². The second kappa shape index (κ2) is 8.03. The van der Waals surface area contributed by atoms with Gasteiger partial charge in [0.25, 0.3) is 0 Å². The zero-order valence-electron chi connectivity index (χ0n) is 18.6. The molecule has 0 amide bonds. The van der Waals surface area contributed by atoms with E-state index in [1.165, 1.54) is 6.92 Å². The van der Waals surface area contributed by atoms with E-state index in [0.29, 0.717) is 51.9 Å². The Kier molecular flexibility index (Phi) is 5.15. The van der Waals surface area contributed by atoms with Crippen LogP contribution < -0.4 is 23.7 Å². The minimum absolute atomic E-state index is 0.0389. The second-order valence-corrected chi connectivity index (χ2v) is 8.22. The first-order valence-electron chi connectivity index (χ1n) is 10.6. The monoisotopic (exact) mass is 452 g/mol. The molecule has 8 nitrogen and oxygen atoms in total. The van der Waals surface area contributed by atoms with Crippen molar-refractivity contribution in [1.29, 1.82) is 0 Å². The van der Waals surface area contributed by atoms with Crippen molar-refractivity contribution in [2.45, 2.75) is 31.5 Å². The van der Waals surface area contributed by atoms with E-state index in [-0.39, 0.29) is 31.1 Å². The summed E-state index contributed by atoms with van der Waals surface area (Å²) in [6.07, 6.45) is -0.362. The average Bonchev–Trinajstić information content (AvgIpc) is 3.26. The van der Waals surface area contributed by atoms with E-state index in [2.05, 4.69) is 6.58 Å². The van der Waals surface area contributed by atoms with E-state index in [9.17, 15) is 9.59 Å². The van der Waals surface area contributed by atoms with Gasteiger partial charge >= 0.3 is 5.97 Å². The predicted octanol–water partition coefficient (Wildman–Crippen LogP) is 3.25. The molecule has 0 aromatic heterocycles. The SMILES string of the molecule is C=C(COC(C)=O)[C@@H]1Cc2c(ccc3c2O[C@@H]2COc4cc(OC)c(OC)cc4[C@H]2C3=O)O1. The quantitative estimate of drug-likeness (QED) is 0.505. The standard InChI is InChI=1S/C25H24O8/c1-12(10-30-13(2)26)18-8-16-17(32-18)6-5-14-24(27)23-15-7-20(28-3)21(29-4)9-19(15)31-11-22(23)33-25(14)16/h5-7,9,18,22-23H,1,8,10-11H2,2-4H3/t18-,22+,23+/m0/s1. The Morgan fingerprint density at radius 1 is 1.12 bits per heavy atom. The van der Waals surface area contributed by atoms with Crippen LogP contribution in [0, 0.1) is 0 Å². The highest BCUT2D eigenvalue weighted by atomic mass is 16.5. The first-order chi connectivity index (χ1) is 15.9. The summed E-state index contributed by atoms with van der Waals surface area (Å²) in [5, 5.41) is 0. The molecule has 0 N–H and O–H groups in total. The minimum atomic E-state index is -0.517. The number of ether oxygens (including phenoxy) is 6. The van der Waals surface area contributed by atoms with Gasteiger partial charge in [-0.1, -0.05) is 6.58 Å². The highest BCUT2D eigenvalue weighted by Gasteiger charge is 2.45. The molecular weight excluding hydrogens is 428 g/mol. The Hall–Kier alpha value is -3.68. The van der Waals surface area contributed by atoms with E-state index in [1.807, 2.05) is 0 Å². The lowest BCUT2D eigenvalue weighted by atomic mass is 9.81. The van der Waals surface area contributed by atoms with Crippen molar-refractivity contribution in [3.8, 4) is 28.7 Å². The average molecular weight is 452 g/mol. The Morgan fingerprint density at radius 3 is 2.61 bits per heavy atom. The Bertz CT molecular complexity index is 1170. The minimum Gasteiger partial charge on any atom is -0.493 e. The largest absolute Gasteiger partial charge is 0.493 e. The highest BCUT2D eigenvalue weighted by molar-refractivity contribution is 6.06. The van der Waals surface area contributed by atoms with Crippen molar-refractivity contribution >= 4 is 11.8 Å². The number of carbonyl (C=O) groups excluding carboxylic acids is 2. The summed E-state index contributed by atoms with van der Waals surface area (Å²) in [7, 11) is 3.10. The molecule has 3 heterocycles. The first-order valence-corrected chi connectivity index (χ1v) is 10.6. The molecular formula is C25H24O8. The van der Waals surface area contributed by atoms with Crippen LogP contribution in [0.25, 0.3) is 0 Å². The topological polar surface area (TPSA) is 89.5 Å².